The summed E-state index contributed by atoms with van der Waals surface area (Å²) in [6.07, 6.45) is 61.0. The molecule has 0 saturated carbocycles. The highest BCUT2D eigenvalue weighted by Gasteiger charge is 2.28. The molecule has 0 heterocycles. The number of phosphoric acid groups is 1. The van der Waals surface area contributed by atoms with Gasteiger partial charge in [0, 0.05) is 12.8 Å². The average Bonchev–Trinajstić information content (AvgIpc) is 3.32. The molecule has 0 aliphatic heterocycles. The first-order valence-corrected chi connectivity index (χ1v) is 28.8. The second-order valence-corrected chi connectivity index (χ2v) is 19.9. The molecule has 3 unspecified atom stereocenters. The van der Waals surface area contributed by atoms with Crippen LogP contribution in [0.25, 0.3) is 0 Å². The summed E-state index contributed by atoms with van der Waals surface area (Å²) in [4.78, 5) is 46.2. The Labute approximate surface area is 415 Å². The van der Waals surface area contributed by atoms with Crippen molar-refractivity contribution in [2.24, 2.45) is 0 Å². The Morgan fingerprint density at radius 3 is 1.28 bits per heavy atom. The summed E-state index contributed by atoms with van der Waals surface area (Å²) in [5, 5.41) is 22.0. The van der Waals surface area contributed by atoms with E-state index in [1.165, 1.54) is 122 Å². The molecule has 0 fully saturated rings. The van der Waals surface area contributed by atoms with Crippen molar-refractivity contribution in [3.05, 3.63) is 60.8 Å². The Hall–Kier alpha value is -2.82. The summed E-state index contributed by atoms with van der Waals surface area (Å²) in [5.74, 6) is -2.37. The number of hydrogen-bond acceptors (Lipinski definition) is 8. The highest BCUT2D eigenvalue weighted by Crippen LogP contribution is 2.43. The van der Waals surface area contributed by atoms with Crippen LogP contribution in [0, 0.1) is 0 Å². The van der Waals surface area contributed by atoms with Crippen LogP contribution in [0.2, 0.25) is 0 Å². The molecule has 0 aromatic heterocycles. The first-order chi connectivity index (χ1) is 33.1. The van der Waals surface area contributed by atoms with Crippen LogP contribution in [-0.2, 0) is 32.7 Å². The molecule has 1 amide bonds. The lowest BCUT2D eigenvalue weighted by Crippen LogP contribution is -2.43. The van der Waals surface area contributed by atoms with E-state index in [1.54, 1.807) is 0 Å². The molecule has 11 nitrogen and oxygen atoms in total. The third-order valence-electron chi connectivity index (χ3n) is 11.8. The third kappa shape index (κ3) is 49.6. The number of carbonyl (C=O) groups excluding carboxylic acids is 2. The van der Waals surface area contributed by atoms with E-state index in [0.29, 0.717) is 12.8 Å². The van der Waals surface area contributed by atoms with Crippen LogP contribution in [-0.4, -0.2) is 64.9 Å². The highest BCUT2D eigenvalue weighted by atomic mass is 31.2. The van der Waals surface area contributed by atoms with E-state index >= 15 is 0 Å². The van der Waals surface area contributed by atoms with Crippen molar-refractivity contribution in [3.63, 3.8) is 0 Å². The van der Waals surface area contributed by atoms with Crippen molar-refractivity contribution in [1.29, 1.82) is 0 Å². The lowest BCUT2D eigenvalue weighted by molar-refractivity contribution is -0.147. The molecular formula is C56H100NO10P. The summed E-state index contributed by atoms with van der Waals surface area (Å²) >= 11 is 0. The molecule has 3 atom stereocenters. The number of hydrogen-bond donors (Lipinski definition) is 4. The van der Waals surface area contributed by atoms with E-state index in [9.17, 15) is 34.1 Å². The van der Waals surface area contributed by atoms with Gasteiger partial charge in [0.25, 0.3) is 0 Å². The van der Waals surface area contributed by atoms with Gasteiger partial charge in [-0.25, -0.2) is 9.36 Å². The number of esters is 1. The molecule has 0 aliphatic rings. The summed E-state index contributed by atoms with van der Waals surface area (Å²) in [6.45, 7) is 2.51. The number of ether oxygens (including phenoxy) is 1. The van der Waals surface area contributed by atoms with Crippen molar-refractivity contribution in [1.82, 2.24) is 5.32 Å². The number of phosphoric ester groups is 1. The zero-order valence-corrected chi connectivity index (χ0v) is 44.0. The number of rotatable bonds is 51. The predicted octanol–water partition coefficient (Wildman–Crippen LogP) is 15.5. The van der Waals surface area contributed by atoms with Gasteiger partial charge >= 0.3 is 19.8 Å². The summed E-state index contributed by atoms with van der Waals surface area (Å²) < 4.78 is 27.0. The van der Waals surface area contributed by atoms with E-state index in [2.05, 4.69) is 79.9 Å². The topological polar surface area (TPSA) is 169 Å². The van der Waals surface area contributed by atoms with Crippen molar-refractivity contribution in [2.75, 3.05) is 19.8 Å². The Bertz CT molecular complexity index is 1380. The number of aliphatic hydroxyl groups excluding tert-OH is 1. The van der Waals surface area contributed by atoms with Crippen LogP contribution >= 0.6 is 7.82 Å². The molecule has 0 aromatic rings. The van der Waals surface area contributed by atoms with Gasteiger partial charge in [0.1, 0.15) is 12.7 Å². The molecule has 0 saturated heterocycles. The lowest BCUT2D eigenvalue weighted by atomic mass is 10.0. The Morgan fingerprint density at radius 1 is 0.485 bits per heavy atom. The number of carboxylic acid groups (broad SMARTS) is 1. The van der Waals surface area contributed by atoms with E-state index in [-0.39, 0.29) is 12.8 Å². The number of amides is 1. The fourth-order valence-electron chi connectivity index (χ4n) is 7.64. The summed E-state index contributed by atoms with van der Waals surface area (Å²) in [6, 6.07) is -1.55. The first kappa shape index (κ1) is 65.2. The summed E-state index contributed by atoms with van der Waals surface area (Å²) in [7, 11) is -4.77. The number of carboxylic acids is 1. The van der Waals surface area contributed by atoms with Crippen LogP contribution in [0.3, 0.4) is 0 Å². The second kappa shape index (κ2) is 50.6. The zero-order chi connectivity index (χ0) is 49.9. The molecule has 0 bridgehead atoms. The molecule has 0 rings (SSSR count). The number of unbranched alkanes of at least 4 members (excludes halogenated alkanes) is 27. The van der Waals surface area contributed by atoms with Gasteiger partial charge in [0.15, 0.2) is 6.04 Å². The first-order valence-electron chi connectivity index (χ1n) is 27.3. The smallest absolute Gasteiger partial charge is 0.472 e. The number of nitrogens with one attached hydrogen (secondary N) is 1. The summed E-state index contributed by atoms with van der Waals surface area (Å²) in [5.41, 5.74) is 0. The fraction of sp³-hybridized carbons (Fsp3) is 0.768. The van der Waals surface area contributed by atoms with Crippen LogP contribution in [0.4, 0.5) is 0 Å². The number of allylic oxidation sites excluding steroid dienone is 10. The predicted molar refractivity (Wildman–Crippen MR) is 282 cm³/mol. The quantitative estimate of drug-likeness (QED) is 0.0199. The van der Waals surface area contributed by atoms with Crippen LogP contribution in [0.1, 0.15) is 245 Å². The number of carbonyl (C=O) groups is 3. The van der Waals surface area contributed by atoms with Gasteiger partial charge in [0.2, 0.25) is 5.91 Å². The van der Waals surface area contributed by atoms with Gasteiger partial charge < -0.3 is 25.2 Å². The van der Waals surface area contributed by atoms with Crippen molar-refractivity contribution in [2.45, 2.75) is 257 Å². The van der Waals surface area contributed by atoms with Gasteiger partial charge in [-0.05, 0) is 57.8 Å². The van der Waals surface area contributed by atoms with E-state index in [0.717, 1.165) is 83.5 Å². The SMILES string of the molecule is CC/C=C\C/C=C\C/C=C\C/C=C\C/C=C\CCCCCCCCCC(=O)OCC(O)COP(=O)(O)OCC(NC(=O)CCCCCCCCCCCCCCCCCCCCCCC)C(=O)O. The Morgan fingerprint density at radius 2 is 0.853 bits per heavy atom. The normalized spacial score (nSPS) is 13.9. The molecule has 4 N–H and O–H groups in total. The van der Waals surface area contributed by atoms with Crippen molar-refractivity contribution in [3.8, 4) is 0 Å². The van der Waals surface area contributed by atoms with E-state index in [4.69, 9.17) is 13.8 Å². The Balaban J connectivity index is 3.81. The molecular weight excluding hydrogens is 878 g/mol. The maximum absolute atomic E-state index is 12.4. The maximum atomic E-state index is 12.4. The van der Waals surface area contributed by atoms with Crippen LogP contribution in [0.5, 0.6) is 0 Å². The monoisotopic (exact) mass is 978 g/mol. The molecule has 68 heavy (non-hydrogen) atoms. The Kier molecular flexibility index (Phi) is 48.5. The average molecular weight is 978 g/mol. The number of aliphatic carboxylic acids is 1. The highest BCUT2D eigenvalue weighted by molar-refractivity contribution is 7.47. The van der Waals surface area contributed by atoms with Crippen LogP contribution < -0.4 is 5.32 Å². The van der Waals surface area contributed by atoms with Crippen LogP contribution in [0.15, 0.2) is 60.8 Å². The minimum Gasteiger partial charge on any atom is -0.480 e. The molecule has 0 aliphatic carbocycles. The van der Waals surface area contributed by atoms with Gasteiger partial charge in [0.05, 0.1) is 13.2 Å². The minimum atomic E-state index is -4.77. The largest absolute Gasteiger partial charge is 0.480 e. The minimum absolute atomic E-state index is 0.147. The van der Waals surface area contributed by atoms with E-state index in [1.807, 2.05) is 0 Å². The molecule has 0 aromatic carbocycles. The fourth-order valence-corrected chi connectivity index (χ4v) is 8.41. The van der Waals surface area contributed by atoms with Crippen molar-refractivity contribution < 1.29 is 47.8 Å². The number of aliphatic hydroxyl groups is 1. The van der Waals surface area contributed by atoms with Gasteiger partial charge in [-0.1, -0.05) is 235 Å². The maximum Gasteiger partial charge on any atom is 0.472 e. The standard InChI is InChI=1S/C56H100NO10P/c1-3-5-7-9-11-13-15-17-19-21-23-25-26-28-30-32-34-36-38-40-42-44-46-48-55(60)65-49-52(58)50-66-68(63,64)67-51-53(56(61)62)57-54(59)47-45-43-41-39-37-35-33-31-29-27-24-22-20-18-16-14-12-10-8-6-4-2/h5,7,11,13,17,19,23,25,28,30,52-53,58H,3-4,6,8-10,12,14-16,18,20-22,24,26-27,29,31-51H2,1-2H3,(H,57,59)(H,61,62)(H,63,64)/b7-5-,13-11-,19-17-,25-23-,30-28-. The lowest BCUT2D eigenvalue weighted by Gasteiger charge is -2.18. The second-order valence-electron chi connectivity index (χ2n) is 18.4. The van der Waals surface area contributed by atoms with Gasteiger partial charge in [-0.3, -0.25) is 18.6 Å². The van der Waals surface area contributed by atoms with Gasteiger partial charge in [-0.2, -0.15) is 0 Å². The van der Waals surface area contributed by atoms with Crippen molar-refractivity contribution >= 4 is 25.7 Å². The molecule has 0 spiro atoms. The molecule has 12 heteroatoms. The van der Waals surface area contributed by atoms with E-state index < -0.39 is 57.6 Å². The molecule has 0 radical (unpaired) electrons. The third-order valence-corrected chi connectivity index (χ3v) is 12.8. The van der Waals surface area contributed by atoms with Gasteiger partial charge in [-0.15, -0.1) is 0 Å². The zero-order valence-electron chi connectivity index (χ0n) is 43.2. The molecule has 394 valence electrons.